The second-order valence-electron chi connectivity index (χ2n) is 7.77. The van der Waals surface area contributed by atoms with Gasteiger partial charge in [-0.1, -0.05) is 36.2 Å². The van der Waals surface area contributed by atoms with Crippen LogP contribution in [0.4, 0.5) is 5.82 Å². The molecule has 170 valence electrons. The molecule has 1 aliphatic carbocycles. The number of aromatic nitrogens is 2. The van der Waals surface area contributed by atoms with Crippen LogP contribution in [0.1, 0.15) is 42.0 Å². The Morgan fingerprint density at radius 3 is 2.52 bits per heavy atom. The Balaban J connectivity index is 0.00000171. The molecule has 1 aromatic heterocycles. The lowest BCUT2D eigenvalue weighted by molar-refractivity contribution is -0.132. The highest BCUT2D eigenvalue weighted by Crippen LogP contribution is 2.37. The average Bonchev–Trinajstić information content (AvgIpc) is 3.12. The van der Waals surface area contributed by atoms with Gasteiger partial charge in [0.15, 0.2) is 0 Å². The highest BCUT2D eigenvalue weighted by molar-refractivity contribution is 6.42. The molecular weight excluding hydrogens is 480 g/mol. The average molecular weight is 507 g/mol. The van der Waals surface area contributed by atoms with Crippen molar-refractivity contribution in [2.24, 2.45) is 5.73 Å². The molecule has 0 bridgehead atoms. The van der Waals surface area contributed by atoms with Crippen LogP contribution < -0.4 is 10.6 Å². The third-order valence-corrected chi connectivity index (χ3v) is 6.76. The summed E-state index contributed by atoms with van der Waals surface area (Å²) in [5, 5.41) is 0.908. The summed E-state index contributed by atoms with van der Waals surface area (Å²) in [6.07, 6.45) is 3.81. The molecule has 2 atom stereocenters. The van der Waals surface area contributed by atoms with Gasteiger partial charge in [-0.15, -0.1) is 24.8 Å². The van der Waals surface area contributed by atoms with Gasteiger partial charge >= 0.3 is 0 Å². The standard InChI is InChI=1S/C21H25Cl2N5O.2ClH/c1-13-2-5-18-19(13)20(26-12-25-18)27-6-8-28(9-7-27)21(29)15(11-24)14-3-4-16(22)17(23)10-14;;/h3-4,10,12-13,15H,2,5-9,11,24H2,1H3;2*1H/t13-,15+;;/m1../s1. The van der Waals surface area contributed by atoms with Gasteiger partial charge < -0.3 is 15.5 Å². The van der Waals surface area contributed by atoms with E-state index in [2.05, 4.69) is 21.8 Å². The third kappa shape index (κ3) is 5.20. The van der Waals surface area contributed by atoms with Crippen molar-refractivity contribution < 1.29 is 4.79 Å². The zero-order valence-corrected chi connectivity index (χ0v) is 20.4. The van der Waals surface area contributed by atoms with Crippen LogP contribution in [0.2, 0.25) is 10.0 Å². The Morgan fingerprint density at radius 1 is 1.16 bits per heavy atom. The number of benzene rings is 1. The van der Waals surface area contributed by atoms with Crippen molar-refractivity contribution in [3.05, 3.63) is 51.4 Å². The Bertz CT molecular complexity index is 921. The fourth-order valence-corrected chi connectivity index (χ4v) is 4.65. The number of nitrogens with zero attached hydrogens (tertiary/aromatic N) is 4. The second-order valence-corrected chi connectivity index (χ2v) is 8.59. The summed E-state index contributed by atoms with van der Waals surface area (Å²) in [5.41, 5.74) is 9.20. The van der Waals surface area contributed by atoms with E-state index >= 15 is 0 Å². The third-order valence-electron chi connectivity index (χ3n) is 6.02. The molecule has 2 N–H and O–H groups in total. The maximum absolute atomic E-state index is 13.1. The van der Waals surface area contributed by atoms with Gasteiger partial charge in [0.05, 0.1) is 16.0 Å². The highest BCUT2D eigenvalue weighted by atomic mass is 35.5. The van der Waals surface area contributed by atoms with Crippen molar-refractivity contribution in [3.63, 3.8) is 0 Å². The van der Waals surface area contributed by atoms with E-state index in [0.717, 1.165) is 37.3 Å². The van der Waals surface area contributed by atoms with E-state index in [1.54, 1.807) is 18.5 Å². The SMILES string of the molecule is C[C@@H]1CCc2ncnc(N3CCN(C(=O)[C@@H](CN)c4ccc(Cl)c(Cl)c4)CC3)c21.Cl.Cl. The summed E-state index contributed by atoms with van der Waals surface area (Å²) in [6, 6.07) is 5.27. The van der Waals surface area contributed by atoms with Crippen LogP contribution in [0.15, 0.2) is 24.5 Å². The Hall–Kier alpha value is -1.31. The van der Waals surface area contributed by atoms with Gasteiger partial charge in [-0.3, -0.25) is 4.79 Å². The normalized spacial score (nSPS) is 18.6. The number of anilines is 1. The van der Waals surface area contributed by atoms with Crippen molar-refractivity contribution >= 4 is 59.7 Å². The maximum atomic E-state index is 13.1. The van der Waals surface area contributed by atoms with Gasteiger partial charge in [-0.05, 0) is 36.5 Å². The van der Waals surface area contributed by atoms with Crippen LogP contribution in [0.3, 0.4) is 0 Å². The minimum Gasteiger partial charge on any atom is -0.353 e. The van der Waals surface area contributed by atoms with Gasteiger partial charge in [-0.2, -0.15) is 0 Å². The molecule has 2 heterocycles. The molecule has 31 heavy (non-hydrogen) atoms. The summed E-state index contributed by atoms with van der Waals surface area (Å²) >= 11 is 12.1. The zero-order valence-electron chi connectivity index (χ0n) is 17.3. The van der Waals surface area contributed by atoms with Gasteiger partial charge in [0.1, 0.15) is 12.1 Å². The smallest absolute Gasteiger partial charge is 0.231 e. The monoisotopic (exact) mass is 505 g/mol. The molecule has 1 aliphatic heterocycles. The van der Waals surface area contributed by atoms with Gasteiger partial charge in [-0.25, -0.2) is 9.97 Å². The number of rotatable bonds is 4. The number of carbonyl (C=O) groups excluding carboxylic acids is 1. The summed E-state index contributed by atoms with van der Waals surface area (Å²) in [6.45, 7) is 5.25. The lowest BCUT2D eigenvalue weighted by Gasteiger charge is -2.37. The molecule has 2 aliphatic rings. The lowest BCUT2D eigenvalue weighted by atomic mass is 9.97. The number of aryl methyl sites for hydroxylation is 1. The zero-order chi connectivity index (χ0) is 20.5. The molecule has 1 saturated heterocycles. The summed E-state index contributed by atoms with van der Waals surface area (Å²) in [4.78, 5) is 26.3. The molecule has 0 saturated carbocycles. The first-order chi connectivity index (χ1) is 14.0. The van der Waals surface area contributed by atoms with E-state index in [9.17, 15) is 4.79 Å². The minimum atomic E-state index is -0.417. The second kappa shape index (κ2) is 11.0. The fraction of sp³-hybridized carbons (Fsp3) is 0.476. The first-order valence-corrected chi connectivity index (χ1v) is 10.8. The van der Waals surface area contributed by atoms with E-state index in [0.29, 0.717) is 29.1 Å². The number of fused-ring (bicyclic) bond motifs is 1. The summed E-state index contributed by atoms with van der Waals surface area (Å²) in [7, 11) is 0. The van der Waals surface area contributed by atoms with Crippen molar-refractivity contribution in [1.82, 2.24) is 14.9 Å². The quantitative estimate of drug-likeness (QED) is 0.676. The highest BCUT2D eigenvalue weighted by Gasteiger charge is 2.31. The molecule has 6 nitrogen and oxygen atoms in total. The van der Waals surface area contributed by atoms with Crippen molar-refractivity contribution in [2.45, 2.75) is 31.6 Å². The van der Waals surface area contributed by atoms with Crippen LogP contribution in [0.25, 0.3) is 0 Å². The first kappa shape index (κ1) is 25.9. The number of hydrogen-bond donors (Lipinski definition) is 1. The molecule has 10 heteroatoms. The van der Waals surface area contributed by atoms with Crippen molar-refractivity contribution in [1.29, 1.82) is 0 Å². The van der Waals surface area contributed by atoms with Gasteiger partial charge in [0.25, 0.3) is 0 Å². The number of halogens is 4. The molecule has 0 spiro atoms. The van der Waals surface area contributed by atoms with Gasteiger partial charge in [0, 0.05) is 44.0 Å². The predicted molar refractivity (Wildman–Crippen MR) is 130 cm³/mol. The maximum Gasteiger partial charge on any atom is 0.231 e. The molecule has 1 fully saturated rings. The fourth-order valence-electron chi connectivity index (χ4n) is 4.34. The van der Waals surface area contributed by atoms with Crippen LogP contribution in [-0.4, -0.2) is 53.5 Å². The number of carbonyl (C=O) groups is 1. The van der Waals surface area contributed by atoms with E-state index in [-0.39, 0.29) is 37.3 Å². The van der Waals surface area contributed by atoms with Crippen molar-refractivity contribution in [2.75, 3.05) is 37.6 Å². The first-order valence-electron chi connectivity index (χ1n) is 10.0. The molecular formula is C21H27Cl4N5O. The Labute approximate surface area is 205 Å². The summed E-state index contributed by atoms with van der Waals surface area (Å²) < 4.78 is 0. The van der Waals surface area contributed by atoms with Crippen LogP contribution in [0, 0.1) is 0 Å². The largest absolute Gasteiger partial charge is 0.353 e. The topological polar surface area (TPSA) is 75.4 Å². The molecule has 0 unspecified atom stereocenters. The number of hydrogen-bond acceptors (Lipinski definition) is 5. The number of nitrogens with two attached hydrogens (primary N) is 1. The molecule has 1 amide bonds. The number of amides is 1. The Kier molecular flexibility index (Phi) is 9.22. The molecule has 4 rings (SSSR count). The predicted octanol–water partition coefficient (Wildman–Crippen LogP) is 4.07. The van der Waals surface area contributed by atoms with Crippen LogP contribution in [-0.2, 0) is 11.2 Å². The molecule has 0 radical (unpaired) electrons. The molecule has 2 aromatic rings. The summed E-state index contributed by atoms with van der Waals surface area (Å²) in [5.74, 6) is 1.13. The van der Waals surface area contributed by atoms with Crippen LogP contribution in [0.5, 0.6) is 0 Å². The van der Waals surface area contributed by atoms with Gasteiger partial charge in [0.2, 0.25) is 5.91 Å². The van der Waals surface area contributed by atoms with Crippen molar-refractivity contribution in [3.8, 4) is 0 Å². The van der Waals surface area contributed by atoms with E-state index in [1.165, 1.54) is 11.3 Å². The molecule has 1 aromatic carbocycles. The van der Waals surface area contributed by atoms with Crippen LogP contribution >= 0.6 is 48.0 Å². The van der Waals surface area contributed by atoms with E-state index in [4.69, 9.17) is 28.9 Å². The number of piperazine rings is 1. The minimum absolute atomic E-state index is 0. The Morgan fingerprint density at radius 2 is 1.87 bits per heavy atom. The van der Waals surface area contributed by atoms with E-state index in [1.807, 2.05) is 11.0 Å². The van der Waals surface area contributed by atoms with E-state index < -0.39 is 5.92 Å². The lowest BCUT2D eigenvalue weighted by Crippen LogP contribution is -2.51.